The van der Waals surface area contributed by atoms with Crippen LogP contribution >= 0.6 is 0 Å². The Morgan fingerprint density at radius 2 is 2.10 bits per heavy atom. The normalized spacial score (nSPS) is 11.4. The van der Waals surface area contributed by atoms with E-state index in [0.717, 1.165) is 35.3 Å². The Morgan fingerprint density at radius 1 is 1.30 bits per heavy atom. The van der Waals surface area contributed by atoms with Gasteiger partial charge in [0.1, 0.15) is 17.1 Å². The average molecular weight is 273 g/mol. The number of nitrogens with one attached hydrogen (secondary N) is 1. The van der Waals surface area contributed by atoms with Crippen molar-refractivity contribution in [2.45, 2.75) is 46.1 Å². The van der Waals surface area contributed by atoms with Gasteiger partial charge in [0.05, 0.1) is 0 Å². The topological polar surface area (TPSA) is 42.2 Å². The summed E-state index contributed by atoms with van der Waals surface area (Å²) in [6.07, 6.45) is 1.97. The number of fused-ring (bicyclic) bond motifs is 1. The monoisotopic (exact) mass is 273 g/mol. The third kappa shape index (κ3) is 3.94. The summed E-state index contributed by atoms with van der Waals surface area (Å²) in [7, 11) is 0. The molecule has 2 aromatic rings. The van der Waals surface area contributed by atoms with E-state index in [9.17, 15) is 4.79 Å². The predicted octanol–water partition coefficient (Wildman–Crippen LogP) is 3.49. The molecule has 1 aromatic carbocycles. The van der Waals surface area contributed by atoms with Crippen LogP contribution in [0.3, 0.4) is 0 Å². The third-order valence-corrected chi connectivity index (χ3v) is 3.36. The van der Waals surface area contributed by atoms with Crippen LogP contribution in [0.2, 0.25) is 0 Å². The Balaban J connectivity index is 2.07. The minimum atomic E-state index is 0.261. The first-order chi connectivity index (χ1) is 9.58. The van der Waals surface area contributed by atoms with Gasteiger partial charge in [-0.15, -0.1) is 0 Å². The predicted molar refractivity (Wildman–Crippen MR) is 82.1 cm³/mol. The van der Waals surface area contributed by atoms with E-state index in [1.54, 1.807) is 0 Å². The highest BCUT2D eigenvalue weighted by molar-refractivity contribution is 5.83. The molecule has 1 heterocycles. The molecule has 0 aliphatic carbocycles. The van der Waals surface area contributed by atoms with E-state index in [2.05, 4.69) is 25.2 Å². The van der Waals surface area contributed by atoms with Gasteiger partial charge in [-0.05, 0) is 17.7 Å². The number of hydrogen-bond donors (Lipinski definition) is 1. The summed E-state index contributed by atoms with van der Waals surface area (Å²) in [5.74, 6) is 1.25. The summed E-state index contributed by atoms with van der Waals surface area (Å²) in [4.78, 5) is 11.5. The first-order valence-electron chi connectivity index (χ1n) is 7.35. The Kier molecular flexibility index (Phi) is 4.96. The van der Waals surface area contributed by atoms with Gasteiger partial charge in [-0.25, -0.2) is 0 Å². The second kappa shape index (κ2) is 6.71. The number of Topliss-reactive ketones (excluding diaryl/α,β-unsaturated/α-hetero) is 1. The molecule has 0 bridgehead atoms. The Morgan fingerprint density at radius 3 is 2.80 bits per heavy atom. The quantitative estimate of drug-likeness (QED) is 0.839. The third-order valence-electron chi connectivity index (χ3n) is 3.36. The van der Waals surface area contributed by atoms with Gasteiger partial charge in [-0.2, -0.15) is 0 Å². The van der Waals surface area contributed by atoms with E-state index < -0.39 is 0 Å². The van der Waals surface area contributed by atoms with Crippen LogP contribution in [0.15, 0.2) is 28.7 Å². The van der Waals surface area contributed by atoms with Gasteiger partial charge in [-0.3, -0.25) is 4.79 Å². The molecule has 3 nitrogen and oxygen atoms in total. The zero-order valence-corrected chi connectivity index (χ0v) is 12.5. The number of ketones is 1. The molecule has 0 radical (unpaired) electrons. The molecule has 1 N–H and O–H groups in total. The van der Waals surface area contributed by atoms with Crippen molar-refractivity contribution < 1.29 is 9.21 Å². The first kappa shape index (κ1) is 14.8. The lowest BCUT2D eigenvalue weighted by Crippen LogP contribution is -2.24. The number of carbonyl (C=O) groups is 1. The van der Waals surface area contributed by atoms with Gasteiger partial charge in [-0.1, -0.05) is 32.9 Å². The summed E-state index contributed by atoms with van der Waals surface area (Å²) in [5.41, 5.74) is 1.91. The second-order valence-corrected chi connectivity index (χ2v) is 5.51. The highest BCUT2D eigenvalue weighted by atomic mass is 16.3. The SMILES string of the molecule is CCC(=O)Cc1ccc2cc(CCNC(C)C)oc2c1. The molecule has 0 aliphatic heterocycles. The van der Waals surface area contributed by atoms with Crippen molar-refractivity contribution in [3.05, 3.63) is 35.6 Å². The van der Waals surface area contributed by atoms with E-state index in [4.69, 9.17) is 4.42 Å². The maximum atomic E-state index is 11.5. The van der Waals surface area contributed by atoms with Crippen LogP contribution in [0.5, 0.6) is 0 Å². The van der Waals surface area contributed by atoms with Crippen molar-refractivity contribution in [1.82, 2.24) is 5.32 Å². The lowest BCUT2D eigenvalue weighted by Gasteiger charge is -2.05. The molecule has 20 heavy (non-hydrogen) atoms. The highest BCUT2D eigenvalue weighted by Gasteiger charge is 2.07. The number of hydrogen-bond acceptors (Lipinski definition) is 3. The van der Waals surface area contributed by atoms with Crippen LogP contribution in [0.4, 0.5) is 0 Å². The van der Waals surface area contributed by atoms with Crippen LogP contribution in [0.25, 0.3) is 11.0 Å². The molecule has 0 spiro atoms. The van der Waals surface area contributed by atoms with E-state index in [1.807, 2.05) is 25.1 Å². The molecule has 0 atom stereocenters. The minimum absolute atomic E-state index is 0.261. The molecule has 2 rings (SSSR count). The summed E-state index contributed by atoms with van der Waals surface area (Å²) in [6, 6.07) is 8.62. The fraction of sp³-hybridized carbons (Fsp3) is 0.471. The van der Waals surface area contributed by atoms with E-state index >= 15 is 0 Å². The van der Waals surface area contributed by atoms with Crippen molar-refractivity contribution in [3.8, 4) is 0 Å². The molecule has 108 valence electrons. The van der Waals surface area contributed by atoms with Crippen molar-refractivity contribution in [3.63, 3.8) is 0 Å². The van der Waals surface area contributed by atoms with Gasteiger partial charge in [0, 0.05) is 37.2 Å². The van der Waals surface area contributed by atoms with Crippen LogP contribution in [0, 0.1) is 0 Å². The van der Waals surface area contributed by atoms with Gasteiger partial charge < -0.3 is 9.73 Å². The number of carbonyl (C=O) groups excluding carboxylic acids is 1. The number of rotatable bonds is 7. The summed E-state index contributed by atoms with van der Waals surface area (Å²) < 4.78 is 5.85. The first-order valence-corrected chi connectivity index (χ1v) is 7.35. The van der Waals surface area contributed by atoms with E-state index in [-0.39, 0.29) is 5.78 Å². The largest absolute Gasteiger partial charge is 0.461 e. The molecule has 0 fully saturated rings. The molecular weight excluding hydrogens is 250 g/mol. The molecule has 0 aliphatic rings. The molecule has 0 saturated carbocycles. The van der Waals surface area contributed by atoms with Crippen LogP contribution in [-0.4, -0.2) is 18.4 Å². The van der Waals surface area contributed by atoms with Crippen molar-refractivity contribution in [2.24, 2.45) is 0 Å². The van der Waals surface area contributed by atoms with Crippen LogP contribution < -0.4 is 5.32 Å². The van der Waals surface area contributed by atoms with Gasteiger partial charge in [0.2, 0.25) is 0 Å². The molecule has 0 unspecified atom stereocenters. The maximum absolute atomic E-state index is 11.5. The van der Waals surface area contributed by atoms with Gasteiger partial charge in [0.25, 0.3) is 0 Å². The van der Waals surface area contributed by atoms with E-state index in [0.29, 0.717) is 18.9 Å². The van der Waals surface area contributed by atoms with Crippen LogP contribution in [-0.2, 0) is 17.6 Å². The van der Waals surface area contributed by atoms with Gasteiger partial charge in [0.15, 0.2) is 0 Å². The Labute approximate surface area is 120 Å². The second-order valence-electron chi connectivity index (χ2n) is 5.51. The number of furan rings is 1. The fourth-order valence-electron chi connectivity index (χ4n) is 2.20. The van der Waals surface area contributed by atoms with E-state index in [1.165, 1.54) is 0 Å². The zero-order chi connectivity index (χ0) is 14.5. The Bertz CT molecular complexity index is 584. The molecular formula is C17H23NO2. The molecule has 0 saturated heterocycles. The lowest BCUT2D eigenvalue weighted by molar-refractivity contribution is -0.118. The summed E-state index contributed by atoms with van der Waals surface area (Å²) in [5, 5.41) is 4.49. The van der Waals surface area contributed by atoms with Gasteiger partial charge >= 0.3 is 0 Å². The minimum Gasteiger partial charge on any atom is -0.461 e. The Hall–Kier alpha value is -1.61. The summed E-state index contributed by atoms with van der Waals surface area (Å²) >= 11 is 0. The lowest BCUT2D eigenvalue weighted by atomic mass is 10.1. The smallest absolute Gasteiger partial charge is 0.136 e. The standard InChI is InChI=1S/C17H23NO2/c1-4-15(19)9-13-5-6-14-11-16(20-17(14)10-13)7-8-18-12(2)3/h5-6,10-12,18H,4,7-9H2,1-3H3. The molecule has 0 amide bonds. The average Bonchev–Trinajstić information content (AvgIpc) is 2.80. The van der Waals surface area contributed by atoms with Crippen LogP contribution in [0.1, 0.15) is 38.5 Å². The number of benzene rings is 1. The summed E-state index contributed by atoms with van der Waals surface area (Å²) in [6.45, 7) is 7.08. The zero-order valence-electron chi connectivity index (χ0n) is 12.5. The highest BCUT2D eigenvalue weighted by Crippen LogP contribution is 2.21. The van der Waals surface area contributed by atoms with Crippen molar-refractivity contribution in [2.75, 3.05) is 6.54 Å². The van der Waals surface area contributed by atoms with Crippen molar-refractivity contribution in [1.29, 1.82) is 0 Å². The molecule has 1 aromatic heterocycles. The maximum Gasteiger partial charge on any atom is 0.136 e. The fourth-order valence-corrected chi connectivity index (χ4v) is 2.20. The van der Waals surface area contributed by atoms with Crippen molar-refractivity contribution >= 4 is 16.8 Å². The molecule has 3 heteroatoms.